The maximum Gasteiger partial charge on any atom is 0.145 e. The highest BCUT2D eigenvalue weighted by Gasteiger charge is 2.57. The monoisotopic (exact) mass is 858 g/mol. The number of fused-ring (bicyclic) bond motifs is 12. The van der Waals surface area contributed by atoms with Crippen LogP contribution in [0.5, 0.6) is 0 Å². The summed E-state index contributed by atoms with van der Waals surface area (Å²) in [6.07, 6.45) is 5.52. The van der Waals surface area contributed by atoms with Crippen molar-refractivity contribution in [3.8, 4) is 33.9 Å². The van der Waals surface area contributed by atoms with Crippen LogP contribution in [-0.2, 0) is 5.41 Å². The third-order valence-electron chi connectivity index (χ3n) is 12.3. The van der Waals surface area contributed by atoms with Crippen molar-refractivity contribution in [2.24, 2.45) is 5.92 Å². The van der Waals surface area contributed by atoms with E-state index in [1.807, 2.05) is 0 Å². The summed E-state index contributed by atoms with van der Waals surface area (Å²) < 4.78 is 6.80. The molecule has 57 heavy (non-hydrogen) atoms. The van der Waals surface area contributed by atoms with Crippen LogP contribution in [0.3, 0.4) is 0 Å². The SMILES string of the molecule is Brc1ccc2c(c1)C1(c3cc(Br)ccc3-c3ccc(-c4nc5ccccc5n4-c4ccccc4)cc31)C1CC(c3nc4ccccc4n3-c3ccccc3)=CC=C21. The zero-order valence-corrected chi connectivity index (χ0v) is 33.7. The quantitative estimate of drug-likeness (QED) is 0.177. The number of hydrogen-bond acceptors (Lipinski definition) is 2. The third-order valence-corrected chi connectivity index (χ3v) is 13.3. The van der Waals surface area contributed by atoms with E-state index in [9.17, 15) is 0 Å². The highest BCUT2D eigenvalue weighted by molar-refractivity contribution is 9.10. The molecule has 0 amide bonds. The summed E-state index contributed by atoms with van der Waals surface area (Å²) in [7, 11) is 0. The van der Waals surface area contributed by atoms with Gasteiger partial charge in [-0.25, -0.2) is 9.97 Å². The second kappa shape index (κ2) is 12.5. The Morgan fingerprint density at radius 3 is 1.65 bits per heavy atom. The number of allylic oxidation sites excluding steroid dienone is 4. The average molecular weight is 861 g/mol. The fourth-order valence-electron chi connectivity index (χ4n) is 10.1. The molecule has 2 unspecified atom stereocenters. The first-order valence-corrected chi connectivity index (χ1v) is 20.9. The molecule has 2 aromatic heterocycles. The topological polar surface area (TPSA) is 35.6 Å². The van der Waals surface area contributed by atoms with Gasteiger partial charge in [0.05, 0.1) is 27.5 Å². The van der Waals surface area contributed by atoms with Gasteiger partial charge in [-0.05, 0) is 130 Å². The lowest BCUT2D eigenvalue weighted by atomic mass is 9.64. The molecule has 0 saturated heterocycles. The lowest BCUT2D eigenvalue weighted by molar-refractivity contribution is 0.498. The van der Waals surface area contributed by atoms with Gasteiger partial charge in [-0.15, -0.1) is 0 Å². The van der Waals surface area contributed by atoms with E-state index in [0.717, 1.165) is 66.0 Å². The predicted octanol–water partition coefficient (Wildman–Crippen LogP) is 13.4. The van der Waals surface area contributed by atoms with Gasteiger partial charge in [0, 0.05) is 31.8 Å². The maximum absolute atomic E-state index is 5.36. The zero-order valence-electron chi connectivity index (χ0n) is 30.6. The summed E-state index contributed by atoms with van der Waals surface area (Å²) in [5.74, 6) is 2.02. The smallest absolute Gasteiger partial charge is 0.145 e. The van der Waals surface area contributed by atoms with Crippen LogP contribution in [0.2, 0.25) is 0 Å². The molecule has 9 aromatic rings. The van der Waals surface area contributed by atoms with E-state index in [-0.39, 0.29) is 5.92 Å². The van der Waals surface area contributed by atoms with Gasteiger partial charge < -0.3 is 0 Å². The summed E-state index contributed by atoms with van der Waals surface area (Å²) in [4.78, 5) is 10.7. The number of rotatable bonds is 4. The van der Waals surface area contributed by atoms with E-state index < -0.39 is 5.41 Å². The molecule has 3 aliphatic rings. The molecule has 0 fully saturated rings. The van der Waals surface area contributed by atoms with E-state index in [1.165, 1.54) is 44.5 Å². The molecule has 3 aliphatic carbocycles. The summed E-state index contributed by atoms with van der Waals surface area (Å²) in [5, 5.41) is 0. The number of aromatic nitrogens is 4. The Kier molecular flexibility index (Phi) is 7.23. The van der Waals surface area contributed by atoms with Crippen LogP contribution in [0.25, 0.3) is 67.1 Å². The van der Waals surface area contributed by atoms with Gasteiger partial charge in [-0.1, -0.05) is 129 Å². The van der Waals surface area contributed by atoms with E-state index >= 15 is 0 Å². The summed E-state index contributed by atoms with van der Waals surface area (Å²) in [5.41, 5.74) is 17.4. The Balaban J connectivity index is 1.12. The van der Waals surface area contributed by atoms with Crippen LogP contribution in [0.15, 0.2) is 185 Å². The van der Waals surface area contributed by atoms with E-state index in [4.69, 9.17) is 9.97 Å². The fraction of sp³-hybridized carbons (Fsp3) is 0.0588. The van der Waals surface area contributed by atoms with Crippen LogP contribution >= 0.6 is 31.9 Å². The molecule has 7 aromatic carbocycles. The first-order chi connectivity index (χ1) is 28.1. The van der Waals surface area contributed by atoms with Gasteiger partial charge in [0.25, 0.3) is 0 Å². The molecule has 270 valence electrons. The summed E-state index contributed by atoms with van der Waals surface area (Å²) in [6.45, 7) is 0. The number of halogens is 2. The van der Waals surface area contributed by atoms with Crippen LogP contribution in [0.1, 0.15) is 34.5 Å². The molecule has 0 saturated carbocycles. The number of para-hydroxylation sites is 6. The molecular weight excluding hydrogens is 828 g/mol. The van der Waals surface area contributed by atoms with Crippen molar-refractivity contribution in [1.82, 2.24) is 19.1 Å². The normalized spacial score (nSPS) is 17.7. The van der Waals surface area contributed by atoms with Gasteiger partial charge in [0.1, 0.15) is 11.6 Å². The predicted molar refractivity (Wildman–Crippen MR) is 239 cm³/mol. The number of hydrogen-bond donors (Lipinski definition) is 0. The number of nitrogens with zero attached hydrogens (tertiary/aromatic N) is 4. The van der Waals surface area contributed by atoms with Crippen LogP contribution in [0, 0.1) is 5.92 Å². The van der Waals surface area contributed by atoms with Gasteiger partial charge in [-0.3, -0.25) is 9.13 Å². The Morgan fingerprint density at radius 1 is 0.491 bits per heavy atom. The number of benzene rings is 7. The van der Waals surface area contributed by atoms with Crippen molar-refractivity contribution >= 4 is 65.1 Å². The van der Waals surface area contributed by atoms with Gasteiger partial charge in [0.15, 0.2) is 0 Å². The minimum Gasteiger partial charge on any atom is -0.293 e. The van der Waals surface area contributed by atoms with Crippen LogP contribution < -0.4 is 0 Å². The largest absolute Gasteiger partial charge is 0.293 e. The first kappa shape index (κ1) is 33.1. The van der Waals surface area contributed by atoms with E-state index in [0.29, 0.717) is 0 Å². The maximum atomic E-state index is 5.36. The molecule has 1 spiro atoms. The molecule has 0 N–H and O–H groups in total. The van der Waals surface area contributed by atoms with Crippen molar-refractivity contribution in [3.63, 3.8) is 0 Å². The minimum atomic E-state index is -0.484. The lowest BCUT2D eigenvalue weighted by Gasteiger charge is -2.37. The second-order valence-electron chi connectivity index (χ2n) is 15.2. The Morgan fingerprint density at radius 2 is 1.00 bits per heavy atom. The summed E-state index contributed by atoms with van der Waals surface area (Å²) in [6, 6.07) is 59.0. The molecule has 0 aliphatic heterocycles. The summed E-state index contributed by atoms with van der Waals surface area (Å²) >= 11 is 7.86. The van der Waals surface area contributed by atoms with Gasteiger partial charge >= 0.3 is 0 Å². The first-order valence-electron chi connectivity index (χ1n) is 19.3. The van der Waals surface area contributed by atoms with Crippen molar-refractivity contribution in [1.29, 1.82) is 0 Å². The highest BCUT2D eigenvalue weighted by Crippen LogP contribution is 2.67. The van der Waals surface area contributed by atoms with Crippen molar-refractivity contribution in [2.45, 2.75) is 11.8 Å². The molecule has 0 bridgehead atoms. The Hall–Kier alpha value is -6.08. The minimum absolute atomic E-state index is 0.100. The van der Waals surface area contributed by atoms with Crippen molar-refractivity contribution < 1.29 is 0 Å². The lowest BCUT2D eigenvalue weighted by Crippen LogP contribution is -2.33. The molecule has 6 heteroatoms. The average Bonchev–Trinajstić information content (AvgIpc) is 3.99. The molecule has 2 heterocycles. The Labute approximate surface area is 346 Å². The van der Waals surface area contributed by atoms with E-state index in [2.05, 4.69) is 217 Å². The van der Waals surface area contributed by atoms with Crippen molar-refractivity contribution in [3.05, 3.63) is 213 Å². The van der Waals surface area contributed by atoms with Crippen molar-refractivity contribution in [2.75, 3.05) is 0 Å². The van der Waals surface area contributed by atoms with Crippen LogP contribution in [-0.4, -0.2) is 19.1 Å². The second-order valence-corrected chi connectivity index (χ2v) is 17.0. The molecule has 12 rings (SSSR count). The molecular formula is C51H32Br2N4. The highest BCUT2D eigenvalue weighted by atomic mass is 79.9. The third kappa shape index (κ3) is 4.72. The van der Waals surface area contributed by atoms with E-state index in [1.54, 1.807) is 0 Å². The zero-order chi connectivity index (χ0) is 37.8. The van der Waals surface area contributed by atoms with Crippen LogP contribution in [0.4, 0.5) is 0 Å². The molecule has 4 nitrogen and oxygen atoms in total. The Bertz CT molecular complexity index is 3190. The fourth-order valence-corrected chi connectivity index (χ4v) is 10.8. The molecule has 2 atom stereocenters. The standard InChI is InChI=1S/C51H32Br2N4/c52-33-21-25-39-37-23-19-31(49-54-45-15-7-9-17-47(45)56(49)35-11-3-1-4-12-35)27-41(37)51(43(39)29-33)42-28-32(20-24-38(42)40-26-22-34(53)30-44(40)51)50-55-46-16-8-10-18-48(46)57(50)36-13-5-2-6-14-36/h1-27,29-30,42H,28H2. The van der Waals surface area contributed by atoms with Gasteiger partial charge in [0.2, 0.25) is 0 Å². The molecule has 0 radical (unpaired) electrons. The van der Waals surface area contributed by atoms with Gasteiger partial charge in [-0.2, -0.15) is 0 Å². The number of imidazole rings is 2.